The predicted octanol–water partition coefficient (Wildman–Crippen LogP) is 1.32. The molecule has 4 rings (SSSR count). The third-order valence-corrected chi connectivity index (χ3v) is 5.14. The van der Waals surface area contributed by atoms with E-state index < -0.39 is 36.0 Å². The van der Waals surface area contributed by atoms with Crippen LogP contribution in [-0.2, 0) is 27.1 Å². The minimum absolute atomic E-state index is 0.0939. The van der Waals surface area contributed by atoms with Crippen molar-refractivity contribution < 1.29 is 27.6 Å². The van der Waals surface area contributed by atoms with E-state index in [4.69, 9.17) is 0 Å². The quantitative estimate of drug-likeness (QED) is 0.609. The van der Waals surface area contributed by atoms with Crippen LogP contribution >= 0.6 is 0 Å². The molecule has 2 aromatic rings. The molecule has 1 aliphatic carbocycles. The summed E-state index contributed by atoms with van der Waals surface area (Å²) in [7, 11) is 0. The second-order valence-electron chi connectivity index (χ2n) is 6.96. The van der Waals surface area contributed by atoms with Crippen molar-refractivity contribution in [3.8, 4) is 0 Å². The number of pyridine rings is 1. The van der Waals surface area contributed by atoms with Crippen LogP contribution in [0.2, 0.25) is 0 Å². The van der Waals surface area contributed by atoms with Gasteiger partial charge in [-0.2, -0.15) is 13.2 Å². The molecule has 3 amide bonds. The van der Waals surface area contributed by atoms with Gasteiger partial charge in [0.05, 0.1) is 23.9 Å². The van der Waals surface area contributed by atoms with E-state index in [1.165, 1.54) is 6.07 Å². The van der Waals surface area contributed by atoms with Crippen molar-refractivity contribution in [1.29, 1.82) is 0 Å². The monoisotopic (exact) mass is 407 g/mol. The fourth-order valence-corrected chi connectivity index (χ4v) is 3.63. The Hall–Kier alpha value is -3.24. The molecular weight excluding hydrogens is 391 g/mol. The number of aromatic nitrogens is 3. The van der Waals surface area contributed by atoms with Crippen LogP contribution in [0.25, 0.3) is 5.65 Å². The minimum atomic E-state index is -4.53. The van der Waals surface area contributed by atoms with E-state index in [1.807, 2.05) is 12.2 Å². The summed E-state index contributed by atoms with van der Waals surface area (Å²) < 4.78 is 39.8. The molecule has 0 saturated carbocycles. The molecule has 1 saturated heterocycles. The first kappa shape index (κ1) is 19.1. The molecule has 1 aliphatic heterocycles. The number of halogens is 3. The van der Waals surface area contributed by atoms with Crippen molar-refractivity contribution in [2.24, 2.45) is 11.8 Å². The van der Waals surface area contributed by atoms with Crippen LogP contribution in [0.5, 0.6) is 0 Å². The van der Waals surface area contributed by atoms with Crippen LogP contribution in [0.1, 0.15) is 24.2 Å². The number of rotatable bonds is 4. The van der Waals surface area contributed by atoms with Crippen molar-refractivity contribution in [3.63, 3.8) is 0 Å². The molecule has 0 radical (unpaired) electrons. The lowest BCUT2D eigenvalue weighted by Gasteiger charge is -2.14. The largest absolute Gasteiger partial charge is 0.417 e. The molecule has 0 spiro atoms. The number of alkyl halides is 3. The molecule has 11 heteroatoms. The van der Waals surface area contributed by atoms with Gasteiger partial charge >= 0.3 is 6.18 Å². The molecule has 2 atom stereocenters. The topological polar surface area (TPSA) is 96.7 Å². The molecular formula is C18H16F3N5O3. The van der Waals surface area contributed by atoms with E-state index in [0.717, 1.165) is 21.6 Å². The molecule has 8 nitrogen and oxygen atoms in total. The molecule has 2 unspecified atom stereocenters. The molecule has 0 bridgehead atoms. The summed E-state index contributed by atoms with van der Waals surface area (Å²) in [6.45, 7) is -0.638. The number of imide groups is 1. The summed E-state index contributed by atoms with van der Waals surface area (Å²) in [5.74, 6) is -2.12. The number of hydrogen-bond donors (Lipinski definition) is 1. The van der Waals surface area contributed by atoms with E-state index in [9.17, 15) is 27.6 Å². The summed E-state index contributed by atoms with van der Waals surface area (Å²) in [6.07, 6.45) is 0.966. The Labute approximate surface area is 162 Å². The Morgan fingerprint density at radius 2 is 1.76 bits per heavy atom. The highest BCUT2D eigenvalue weighted by Gasteiger charge is 2.47. The van der Waals surface area contributed by atoms with Crippen LogP contribution < -0.4 is 5.32 Å². The summed E-state index contributed by atoms with van der Waals surface area (Å²) in [4.78, 5) is 38.0. The van der Waals surface area contributed by atoms with E-state index >= 15 is 0 Å². The van der Waals surface area contributed by atoms with Crippen LogP contribution in [0, 0.1) is 11.8 Å². The van der Waals surface area contributed by atoms with Gasteiger partial charge in [-0.1, -0.05) is 12.2 Å². The van der Waals surface area contributed by atoms with Crippen LogP contribution in [0.3, 0.4) is 0 Å². The number of likely N-dealkylation sites (tertiary alicyclic amines) is 1. The summed E-state index contributed by atoms with van der Waals surface area (Å²) in [5.41, 5.74) is -0.675. The lowest BCUT2D eigenvalue weighted by molar-refractivity contribution is -0.143. The number of hydrogen-bond acceptors (Lipinski definition) is 5. The highest BCUT2D eigenvalue weighted by Crippen LogP contribution is 2.34. The van der Waals surface area contributed by atoms with Crippen molar-refractivity contribution in [2.75, 3.05) is 6.54 Å². The maximum absolute atomic E-state index is 12.9. The average Bonchev–Trinajstić information content (AvgIpc) is 3.20. The number of nitrogens with one attached hydrogen (secondary N) is 1. The summed E-state index contributed by atoms with van der Waals surface area (Å²) >= 11 is 0. The number of allylic oxidation sites excluding steroid dienone is 2. The fourth-order valence-electron chi connectivity index (χ4n) is 3.63. The number of nitrogens with zero attached hydrogens (tertiary/aromatic N) is 4. The summed E-state index contributed by atoms with van der Waals surface area (Å²) in [6, 6.07) is 2.07. The second-order valence-corrected chi connectivity index (χ2v) is 6.96. The lowest BCUT2D eigenvalue weighted by atomic mass is 9.85. The predicted molar refractivity (Wildman–Crippen MR) is 91.9 cm³/mol. The maximum atomic E-state index is 12.9. The molecule has 2 aliphatic rings. The number of carbonyl (C=O) groups is 3. The van der Waals surface area contributed by atoms with E-state index in [-0.39, 0.29) is 29.8 Å². The van der Waals surface area contributed by atoms with Gasteiger partial charge in [-0.15, -0.1) is 10.2 Å². The van der Waals surface area contributed by atoms with Crippen molar-refractivity contribution in [3.05, 3.63) is 41.9 Å². The zero-order chi connectivity index (χ0) is 20.8. The Kier molecular flexibility index (Phi) is 4.59. The van der Waals surface area contributed by atoms with Crippen LogP contribution in [-0.4, -0.2) is 43.8 Å². The van der Waals surface area contributed by atoms with Gasteiger partial charge in [0.2, 0.25) is 17.7 Å². The van der Waals surface area contributed by atoms with E-state index in [0.29, 0.717) is 12.8 Å². The summed E-state index contributed by atoms with van der Waals surface area (Å²) in [5, 5.41) is 10.0. The highest BCUT2D eigenvalue weighted by atomic mass is 19.4. The van der Waals surface area contributed by atoms with E-state index in [1.54, 1.807) is 0 Å². The SMILES string of the molecule is O=C(CN1C(=O)C2CC=CCC2C1=O)NCc1nnc2ccc(C(F)(F)F)cn12. The first-order chi connectivity index (χ1) is 13.8. The van der Waals surface area contributed by atoms with Crippen LogP contribution in [0.4, 0.5) is 13.2 Å². The lowest BCUT2D eigenvalue weighted by Crippen LogP contribution is -2.41. The number of fused-ring (bicyclic) bond motifs is 2. The Balaban J connectivity index is 1.43. The fraction of sp³-hybridized carbons (Fsp3) is 0.389. The average molecular weight is 407 g/mol. The molecule has 1 fully saturated rings. The van der Waals surface area contributed by atoms with Gasteiger partial charge in [-0.25, -0.2) is 0 Å². The molecule has 29 heavy (non-hydrogen) atoms. The van der Waals surface area contributed by atoms with Crippen molar-refractivity contribution in [2.45, 2.75) is 25.6 Å². The first-order valence-electron chi connectivity index (χ1n) is 8.93. The normalized spacial score (nSPS) is 21.7. The minimum Gasteiger partial charge on any atom is -0.347 e. The number of carbonyl (C=O) groups excluding carboxylic acids is 3. The second kappa shape index (κ2) is 6.98. The molecule has 0 aromatic carbocycles. The maximum Gasteiger partial charge on any atom is 0.417 e. The van der Waals surface area contributed by atoms with E-state index in [2.05, 4.69) is 15.5 Å². The third kappa shape index (κ3) is 3.47. The van der Waals surface area contributed by atoms with Gasteiger partial charge in [0.15, 0.2) is 11.5 Å². The zero-order valence-electron chi connectivity index (χ0n) is 15.0. The Bertz CT molecular complexity index is 1000. The van der Waals surface area contributed by atoms with Gasteiger partial charge in [0.1, 0.15) is 6.54 Å². The van der Waals surface area contributed by atoms with Gasteiger partial charge in [-0.3, -0.25) is 23.7 Å². The van der Waals surface area contributed by atoms with Gasteiger partial charge in [-0.05, 0) is 25.0 Å². The first-order valence-corrected chi connectivity index (χ1v) is 8.93. The number of amides is 3. The molecule has 2 aromatic heterocycles. The van der Waals surface area contributed by atoms with Gasteiger partial charge in [0, 0.05) is 6.20 Å². The Morgan fingerprint density at radius 1 is 1.10 bits per heavy atom. The smallest absolute Gasteiger partial charge is 0.347 e. The van der Waals surface area contributed by atoms with Crippen molar-refractivity contribution in [1.82, 2.24) is 24.8 Å². The molecule has 3 heterocycles. The van der Waals surface area contributed by atoms with Gasteiger partial charge < -0.3 is 5.32 Å². The van der Waals surface area contributed by atoms with Crippen molar-refractivity contribution >= 4 is 23.4 Å². The molecule has 1 N–H and O–H groups in total. The third-order valence-electron chi connectivity index (χ3n) is 5.14. The van der Waals surface area contributed by atoms with Gasteiger partial charge in [0.25, 0.3) is 0 Å². The molecule has 152 valence electrons. The standard InChI is InChI=1S/C18H16F3N5O3/c19-18(20,21)10-5-6-13-23-24-14(25(13)8-10)7-22-15(27)9-26-16(28)11-3-1-2-4-12(11)17(26)29/h1-2,5-6,8,11-12H,3-4,7,9H2,(H,22,27). The van der Waals surface area contributed by atoms with Crippen LogP contribution in [0.15, 0.2) is 30.5 Å². The zero-order valence-corrected chi connectivity index (χ0v) is 15.0. The Morgan fingerprint density at radius 3 is 2.38 bits per heavy atom. The highest BCUT2D eigenvalue weighted by molar-refractivity contribution is 6.07.